The normalized spacial score (nSPS) is 14.8. The molecule has 3 aromatic rings. The maximum absolute atomic E-state index is 14.1. The monoisotopic (exact) mass is 496 g/mol. The van der Waals surface area contributed by atoms with Crippen LogP contribution < -0.4 is 9.47 Å². The number of hydrogen-bond donors (Lipinski definition) is 0. The van der Waals surface area contributed by atoms with E-state index in [1.165, 1.54) is 10.9 Å². The number of thiophene rings is 1. The standard InChI is InChI=1S/C27H29FN2O4S/c1-3-13-29(27(32)19-7-6-8-20(16-19)33-2)17-26(31)30-14-11-25-21(12-15-35-25)23(30)18-34-24-10-5-4-9-22(24)28/h4-10,12,15-16,23H,3,11,13-14,17-18H2,1-2H3. The summed E-state index contributed by atoms with van der Waals surface area (Å²) in [6.07, 6.45) is 1.46. The first kappa shape index (κ1) is 24.7. The van der Waals surface area contributed by atoms with E-state index in [0.29, 0.717) is 24.4 Å². The Morgan fingerprint density at radius 1 is 1.17 bits per heavy atom. The molecule has 1 atom stereocenters. The molecule has 1 aliphatic heterocycles. The zero-order valence-electron chi connectivity index (χ0n) is 19.9. The Kier molecular flexibility index (Phi) is 8.02. The van der Waals surface area contributed by atoms with E-state index in [4.69, 9.17) is 9.47 Å². The molecule has 1 unspecified atom stereocenters. The Balaban J connectivity index is 1.53. The maximum Gasteiger partial charge on any atom is 0.254 e. The number of carbonyl (C=O) groups excluding carboxylic acids is 2. The van der Waals surface area contributed by atoms with Crippen LogP contribution in [0.4, 0.5) is 4.39 Å². The van der Waals surface area contributed by atoms with Crippen LogP contribution in [0.1, 0.15) is 40.2 Å². The van der Waals surface area contributed by atoms with Crippen molar-refractivity contribution < 1.29 is 23.5 Å². The number of benzene rings is 2. The van der Waals surface area contributed by atoms with Gasteiger partial charge in [0.2, 0.25) is 5.91 Å². The minimum atomic E-state index is -0.440. The lowest BCUT2D eigenvalue weighted by molar-refractivity contribution is -0.135. The molecule has 6 nitrogen and oxygen atoms in total. The fraction of sp³-hybridized carbons (Fsp3) is 0.333. The van der Waals surface area contributed by atoms with Crippen molar-refractivity contribution in [1.82, 2.24) is 9.80 Å². The second-order valence-corrected chi connectivity index (χ2v) is 9.35. The average Bonchev–Trinajstić information content (AvgIpc) is 3.36. The number of hydrogen-bond acceptors (Lipinski definition) is 5. The van der Waals surface area contributed by atoms with Crippen LogP contribution in [-0.4, -0.2) is 55.0 Å². The topological polar surface area (TPSA) is 59.1 Å². The molecule has 2 aromatic carbocycles. The molecule has 2 heterocycles. The predicted octanol–water partition coefficient (Wildman–Crippen LogP) is 4.95. The number of methoxy groups -OCH3 is 1. The van der Waals surface area contributed by atoms with Gasteiger partial charge in [-0.2, -0.15) is 0 Å². The fourth-order valence-electron chi connectivity index (χ4n) is 4.32. The van der Waals surface area contributed by atoms with Crippen LogP contribution in [-0.2, 0) is 11.2 Å². The lowest BCUT2D eigenvalue weighted by Crippen LogP contribution is -2.48. The zero-order chi connectivity index (χ0) is 24.8. The Labute approximate surface area is 208 Å². The summed E-state index contributed by atoms with van der Waals surface area (Å²) in [4.78, 5) is 31.3. The third kappa shape index (κ3) is 5.65. The van der Waals surface area contributed by atoms with Crippen molar-refractivity contribution in [3.63, 3.8) is 0 Å². The van der Waals surface area contributed by atoms with Crippen LogP contribution in [0.2, 0.25) is 0 Å². The van der Waals surface area contributed by atoms with E-state index in [-0.39, 0.29) is 36.8 Å². The van der Waals surface area contributed by atoms with Crippen molar-refractivity contribution in [3.8, 4) is 11.5 Å². The largest absolute Gasteiger partial charge is 0.497 e. The van der Waals surface area contributed by atoms with Crippen molar-refractivity contribution in [2.24, 2.45) is 0 Å². The van der Waals surface area contributed by atoms with Gasteiger partial charge in [-0.25, -0.2) is 4.39 Å². The van der Waals surface area contributed by atoms with Gasteiger partial charge in [-0.3, -0.25) is 9.59 Å². The fourth-order valence-corrected chi connectivity index (χ4v) is 5.25. The van der Waals surface area contributed by atoms with Gasteiger partial charge in [0, 0.05) is 23.5 Å². The number of halogens is 1. The molecule has 1 aliphatic rings. The number of nitrogens with zero attached hydrogens (tertiary/aromatic N) is 2. The van der Waals surface area contributed by atoms with Gasteiger partial charge in [-0.05, 0) is 60.2 Å². The molecule has 4 rings (SSSR count). The predicted molar refractivity (Wildman–Crippen MR) is 134 cm³/mol. The Morgan fingerprint density at radius 3 is 2.77 bits per heavy atom. The smallest absolute Gasteiger partial charge is 0.254 e. The molecule has 184 valence electrons. The number of para-hydroxylation sites is 1. The molecule has 0 bridgehead atoms. The second-order valence-electron chi connectivity index (χ2n) is 8.35. The van der Waals surface area contributed by atoms with E-state index in [9.17, 15) is 14.0 Å². The molecular weight excluding hydrogens is 467 g/mol. The summed E-state index contributed by atoms with van der Waals surface area (Å²) < 4.78 is 25.2. The van der Waals surface area contributed by atoms with E-state index in [1.807, 2.05) is 18.4 Å². The van der Waals surface area contributed by atoms with E-state index in [1.54, 1.807) is 70.7 Å². The molecule has 8 heteroatoms. The molecule has 2 amide bonds. The van der Waals surface area contributed by atoms with Gasteiger partial charge in [0.25, 0.3) is 5.91 Å². The van der Waals surface area contributed by atoms with Crippen LogP contribution in [0.15, 0.2) is 60.0 Å². The van der Waals surface area contributed by atoms with Crippen molar-refractivity contribution in [3.05, 3.63) is 81.8 Å². The zero-order valence-corrected chi connectivity index (χ0v) is 20.7. The Bertz CT molecular complexity index is 1180. The summed E-state index contributed by atoms with van der Waals surface area (Å²) in [6.45, 7) is 3.04. The molecule has 0 spiro atoms. The van der Waals surface area contributed by atoms with Gasteiger partial charge in [0.05, 0.1) is 13.2 Å². The summed E-state index contributed by atoms with van der Waals surface area (Å²) in [5, 5.41) is 2.00. The SMILES string of the molecule is CCCN(CC(=O)N1CCc2sccc2C1COc1ccccc1F)C(=O)c1cccc(OC)c1. The van der Waals surface area contributed by atoms with Crippen LogP contribution >= 0.6 is 11.3 Å². The van der Waals surface area contributed by atoms with E-state index >= 15 is 0 Å². The summed E-state index contributed by atoms with van der Waals surface area (Å²) in [6, 6.07) is 14.8. The second kappa shape index (κ2) is 11.4. The summed E-state index contributed by atoms with van der Waals surface area (Å²) in [5.41, 5.74) is 1.50. The highest BCUT2D eigenvalue weighted by molar-refractivity contribution is 7.10. The van der Waals surface area contributed by atoms with Gasteiger partial charge in [-0.1, -0.05) is 25.1 Å². The van der Waals surface area contributed by atoms with Crippen molar-refractivity contribution >= 4 is 23.2 Å². The van der Waals surface area contributed by atoms with E-state index < -0.39 is 5.82 Å². The molecule has 0 saturated carbocycles. The number of fused-ring (bicyclic) bond motifs is 1. The van der Waals surface area contributed by atoms with Gasteiger partial charge >= 0.3 is 0 Å². The number of amides is 2. The lowest BCUT2D eigenvalue weighted by Gasteiger charge is -2.37. The third-order valence-corrected chi connectivity index (χ3v) is 7.07. The van der Waals surface area contributed by atoms with Gasteiger partial charge in [-0.15, -0.1) is 11.3 Å². The number of rotatable bonds is 9. The van der Waals surface area contributed by atoms with Gasteiger partial charge < -0.3 is 19.3 Å². The maximum atomic E-state index is 14.1. The van der Waals surface area contributed by atoms with Crippen molar-refractivity contribution in [2.45, 2.75) is 25.8 Å². The molecular formula is C27H29FN2O4S. The first-order valence-electron chi connectivity index (χ1n) is 11.7. The molecule has 0 N–H and O–H groups in total. The van der Waals surface area contributed by atoms with Crippen LogP contribution in [0.3, 0.4) is 0 Å². The third-order valence-electron chi connectivity index (χ3n) is 6.07. The summed E-state index contributed by atoms with van der Waals surface area (Å²) >= 11 is 1.65. The molecule has 35 heavy (non-hydrogen) atoms. The molecule has 0 saturated heterocycles. The molecule has 1 aromatic heterocycles. The minimum Gasteiger partial charge on any atom is -0.497 e. The Morgan fingerprint density at radius 2 is 2.00 bits per heavy atom. The van der Waals surface area contributed by atoms with E-state index in [2.05, 4.69) is 0 Å². The first-order chi connectivity index (χ1) is 17.0. The summed E-state index contributed by atoms with van der Waals surface area (Å²) in [5.74, 6) is -0.0713. The van der Waals surface area contributed by atoms with Crippen LogP contribution in [0.25, 0.3) is 0 Å². The highest BCUT2D eigenvalue weighted by atomic mass is 32.1. The molecule has 0 fully saturated rings. The lowest BCUT2D eigenvalue weighted by atomic mass is 10.0. The number of carbonyl (C=O) groups is 2. The van der Waals surface area contributed by atoms with Crippen LogP contribution in [0.5, 0.6) is 11.5 Å². The molecule has 0 radical (unpaired) electrons. The van der Waals surface area contributed by atoms with Crippen molar-refractivity contribution in [2.75, 3.05) is 33.4 Å². The summed E-state index contributed by atoms with van der Waals surface area (Å²) in [7, 11) is 1.55. The highest BCUT2D eigenvalue weighted by Crippen LogP contribution is 2.34. The quantitative estimate of drug-likeness (QED) is 0.421. The Hall–Kier alpha value is -3.39. The highest BCUT2D eigenvalue weighted by Gasteiger charge is 2.33. The van der Waals surface area contributed by atoms with Crippen molar-refractivity contribution in [1.29, 1.82) is 0 Å². The minimum absolute atomic E-state index is 0.0421. The van der Waals surface area contributed by atoms with Gasteiger partial charge in [0.15, 0.2) is 11.6 Å². The number of ether oxygens (including phenoxy) is 2. The molecule has 0 aliphatic carbocycles. The van der Waals surface area contributed by atoms with Gasteiger partial charge in [0.1, 0.15) is 18.9 Å². The van der Waals surface area contributed by atoms with Crippen LogP contribution in [0, 0.1) is 5.82 Å². The first-order valence-corrected chi connectivity index (χ1v) is 12.6. The average molecular weight is 497 g/mol. The van der Waals surface area contributed by atoms with E-state index in [0.717, 1.165) is 18.4 Å².